The minimum atomic E-state index is -0.475. The highest BCUT2D eigenvalue weighted by Gasteiger charge is 2.30. The van der Waals surface area contributed by atoms with Crippen molar-refractivity contribution in [3.8, 4) is 11.4 Å². The first-order valence-corrected chi connectivity index (χ1v) is 11.3. The molecule has 3 heterocycles. The van der Waals surface area contributed by atoms with E-state index in [0.717, 1.165) is 24.2 Å². The van der Waals surface area contributed by atoms with Crippen LogP contribution in [0.25, 0.3) is 11.4 Å². The van der Waals surface area contributed by atoms with Crippen LogP contribution in [0.3, 0.4) is 0 Å². The number of hydrogen-bond acceptors (Lipinski definition) is 8. The van der Waals surface area contributed by atoms with Crippen LogP contribution in [-0.2, 0) is 17.8 Å². The predicted molar refractivity (Wildman–Crippen MR) is 123 cm³/mol. The molecule has 1 saturated heterocycles. The van der Waals surface area contributed by atoms with Crippen molar-refractivity contribution in [2.45, 2.75) is 25.9 Å². The summed E-state index contributed by atoms with van der Waals surface area (Å²) < 4.78 is 7.02. The van der Waals surface area contributed by atoms with Crippen molar-refractivity contribution >= 4 is 5.91 Å². The second-order valence-electron chi connectivity index (χ2n) is 8.47. The van der Waals surface area contributed by atoms with Crippen molar-refractivity contribution in [2.75, 3.05) is 26.2 Å². The molecule has 1 aliphatic heterocycles. The number of nitrogens with zero attached hydrogens (tertiary/aromatic N) is 8. The topological polar surface area (TPSA) is 106 Å². The van der Waals surface area contributed by atoms with Gasteiger partial charge in [0, 0.05) is 38.2 Å². The van der Waals surface area contributed by atoms with Gasteiger partial charge in [-0.3, -0.25) is 9.69 Å². The van der Waals surface area contributed by atoms with Gasteiger partial charge in [-0.1, -0.05) is 65.3 Å². The summed E-state index contributed by atoms with van der Waals surface area (Å²) in [4.78, 5) is 22.0. The average Bonchev–Trinajstić information content (AvgIpc) is 3.57. The normalized spacial score (nSPS) is 15.4. The van der Waals surface area contributed by atoms with E-state index in [2.05, 4.69) is 30.6 Å². The molecule has 0 aliphatic carbocycles. The lowest BCUT2D eigenvalue weighted by Gasteiger charge is -2.35. The Kier molecular flexibility index (Phi) is 6.39. The van der Waals surface area contributed by atoms with Crippen LogP contribution in [0, 0.1) is 6.92 Å². The Morgan fingerprint density at radius 1 is 1.03 bits per heavy atom. The smallest absolute Gasteiger partial charge is 0.248 e. The molecule has 0 spiro atoms. The second kappa shape index (κ2) is 9.92. The molecule has 1 amide bonds. The summed E-state index contributed by atoms with van der Waals surface area (Å²) in [5.74, 6) is 1.19. The molecule has 174 valence electrons. The molecule has 1 aliphatic rings. The van der Waals surface area contributed by atoms with E-state index >= 15 is 0 Å². The molecule has 0 saturated carbocycles. The molecule has 10 nitrogen and oxygen atoms in total. The van der Waals surface area contributed by atoms with E-state index in [1.54, 1.807) is 4.68 Å². The Bertz CT molecular complexity index is 1200. The second-order valence-corrected chi connectivity index (χ2v) is 8.47. The van der Waals surface area contributed by atoms with E-state index in [9.17, 15) is 4.79 Å². The highest BCUT2D eigenvalue weighted by molar-refractivity contribution is 5.80. The first-order chi connectivity index (χ1) is 16.7. The van der Waals surface area contributed by atoms with Crippen LogP contribution in [0.15, 0.2) is 65.4 Å². The highest BCUT2D eigenvalue weighted by atomic mass is 16.5. The lowest BCUT2D eigenvalue weighted by Crippen LogP contribution is -2.50. The zero-order valence-electron chi connectivity index (χ0n) is 19.0. The van der Waals surface area contributed by atoms with E-state index < -0.39 is 6.04 Å². The van der Waals surface area contributed by atoms with Crippen LogP contribution < -0.4 is 0 Å². The van der Waals surface area contributed by atoms with Crippen LogP contribution in [0.1, 0.15) is 23.1 Å². The minimum absolute atomic E-state index is 0.0234. The Hall–Kier alpha value is -3.92. The van der Waals surface area contributed by atoms with Crippen LogP contribution in [0.2, 0.25) is 0 Å². The number of tetrazole rings is 1. The summed E-state index contributed by atoms with van der Waals surface area (Å²) in [6.07, 6.45) is 2.04. The van der Waals surface area contributed by atoms with Crippen molar-refractivity contribution in [1.29, 1.82) is 0 Å². The molecule has 1 atom stereocenters. The Morgan fingerprint density at radius 3 is 2.50 bits per heavy atom. The maximum absolute atomic E-state index is 13.4. The van der Waals surface area contributed by atoms with Gasteiger partial charge in [0.15, 0.2) is 0 Å². The number of aromatic nitrogens is 6. The largest absolute Gasteiger partial charge is 0.338 e. The summed E-state index contributed by atoms with van der Waals surface area (Å²) in [7, 11) is 0. The van der Waals surface area contributed by atoms with E-state index in [4.69, 9.17) is 4.52 Å². The summed E-state index contributed by atoms with van der Waals surface area (Å²) in [5.41, 5.74) is 3.19. The van der Waals surface area contributed by atoms with Crippen LogP contribution in [0.5, 0.6) is 0 Å². The van der Waals surface area contributed by atoms with Crippen molar-refractivity contribution in [2.24, 2.45) is 0 Å². The lowest BCUT2D eigenvalue weighted by molar-refractivity contribution is -0.137. The van der Waals surface area contributed by atoms with Gasteiger partial charge in [-0.25, -0.2) is 4.68 Å². The van der Waals surface area contributed by atoms with Crippen molar-refractivity contribution in [3.05, 3.63) is 77.9 Å². The Balaban J connectivity index is 1.19. The zero-order valence-corrected chi connectivity index (χ0v) is 19.0. The molecule has 1 unspecified atom stereocenters. The van der Waals surface area contributed by atoms with Gasteiger partial charge < -0.3 is 9.42 Å². The molecule has 1 fully saturated rings. The van der Waals surface area contributed by atoms with Gasteiger partial charge in [0.25, 0.3) is 0 Å². The summed E-state index contributed by atoms with van der Waals surface area (Å²) in [6.45, 7) is 5.28. The van der Waals surface area contributed by atoms with E-state index in [1.807, 2.05) is 66.4 Å². The third-order valence-corrected chi connectivity index (χ3v) is 6.06. The first kappa shape index (κ1) is 21.9. The van der Waals surface area contributed by atoms with Crippen molar-refractivity contribution in [1.82, 2.24) is 40.1 Å². The zero-order chi connectivity index (χ0) is 23.3. The standard InChI is InChI=1S/C24H26N8O2/c1-18-7-9-20(10-8-18)23-26-22(34-27-23)16-30-11-13-31(14-12-30)24(33)21(32-17-25-28-29-32)15-19-5-3-2-4-6-19/h2-10,17,21H,11-16H2,1H3. The number of amides is 1. The third-order valence-electron chi connectivity index (χ3n) is 6.06. The highest BCUT2D eigenvalue weighted by Crippen LogP contribution is 2.20. The molecular weight excluding hydrogens is 432 g/mol. The van der Waals surface area contributed by atoms with Crippen LogP contribution in [-0.4, -0.2) is 72.2 Å². The molecular formula is C24H26N8O2. The predicted octanol–water partition coefficient (Wildman–Crippen LogP) is 2.16. The van der Waals surface area contributed by atoms with E-state index in [1.165, 1.54) is 11.9 Å². The fraction of sp³-hybridized carbons (Fsp3) is 0.333. The van der Waals surface area contributed by atoms with E-state index in [0.29, 0.717) is 37.8 Å². The number of aryl methyl sites for hydroxylation is 1. The fourth-order valence-electron chi connectivity index (χ4n) is 4.11. The maximum Gasteiger partial charge on any atom is 0.248 e. The molecule has 0 N–H and O–H groups in total. The number of rotatable bonds is 7. The number of carbonyl (C=O) groups is 1. The van der Waals surface area contributed by atoms with Crippen molar-refractivity contribution in [3.63, 3.8) is 0 Å². The maximum atomic E-state index is 13.4. The van der Waals surface area contributed by atoms with Gasteiger partial charge in [-0.2, -0.15) is 4.98 Å². The van der Waals surface area contributed by atoms with Gasteiger partial charge in [0.1, 0.15) is 12.4 Å². The summed E-state index contributed by atoms with van der Waals surface area (Å²) >= 11 is 0. The van der Waals surface area contributed by atoms with Crippen molar-refractivity contribution < 1.29 is 9.32 Å². The number of hydrogen-bond donors (Lipinski definition) is 0. The van der Waals surface area contributed by atoms with Crippen LogP contribution >= 0.6 is 0 Å². The number of piperazine rings is 1. The average molecular weight is 459 g/mol. The third kappa shape index (κ3) is 5.01. The Labute approximate surface area is 197 Å². The molecule has 0 radical (unpaired) electrons. The molecule has 2 aromatic heterocycles. The summed E-state index contributed by atoms with van der Waals surface area (Å²) in [6, 6.07) is 17.5. The van der Waals surface area contributed by atoms with Gasteiger partial charge in [0.2, 0.25) is 17.6 Å². The molecule has 2 aromatic carbocycles. The van der Waals surface area contributed by atoms with Gasteiger partial charge >= 0.3 is 0 Å². The number of carbonyl (C=O) groups excluding carboxylic acids is 1. The lowest BCUT2D eigenvalue weighted by atomic mass is 10.0. The monoisotopic (exact) mass is 458 g/mol. The van der Waals surface area contributed by atoms with Crippen LogP contribution in [0.4, 0.5) is 0 Å². The fourth-order valence-corrected chi connectivity index (χ4v) is 4.11. The molecule has 5 rings (SSSR count). The van der Waals surface area contributed by atoms with E-state index in [-0.39, 0.29) is 5.91 Å². The summed E-state index contributed by atoms with van der Waals surface area (Å²) in [5, 5.41) is 15.6. The minimum Gasteiger partial charge on any atom is -0.338 e. The SMILES string of the molecule is Cc1ccc(-c2noc(CN3CCN(C(=O)C(Cc4ccccc4)n4cnnn4)CC3)n2)cc1. The first-order valence-electron chi connectivity index (χ1n) is 11.3. The van der Waals surface area contributed by atoms with Gasteiger partial charge in [0.05, 0.1) is 6.54 Å². The van der Waals surface area contributed by atoms with Gasteiger partial charge in [-0.15, -0.1) is 5.10 Å². The van der Waals surface area contributed by atoms with Gasteiger partial charge in [-0.05, 0) is 22.9 Å². The molecule has 0 bridgehead atoms. The molecule has 34 heavy (non-hydrogen) atoms. The molecule has 4 aromatic rings. The molecule has 10 heteroatoms. The Morgan fingerprint density at radius 2 is 1.79 bits per heavy atom. The number of benzene rings is 2. The quantitative estimate of drug-likeness (QED) is 0.415.